The first-order chi connectivity index (χ1) is 7.34. The van der Waals surface area contributed by atoms with Crippen LogP contribution in [0.5, 0.6) is 0 Å². The summed E-state index contributed by atoms with van der Waals surface area (Å²) in [6.45, 7) is 3.95. The Labute approximate surface area is 91.1 Å². The van der Waals surface area contributed by atoms with E-state index < -0.39 is 0 Å². The van der Waals surface area contributed by atoms with Gasteiger partial charge in [0.15, 0.2) is 0 Å². The van der Waals surface area contributed by atoms with Gasteiger partial charge in [0, 0.05) is 18.9 Å². The number of hydrogen-bond acceptors (Lipinski definition) is 3. The number of hydrogen-bond donors (Lipinski definition) is 0. The Hall–Kier alpha value is -0.930. The molecule has 82 valence electrons. The molecule has 0 aliphatic carbocycles. The fourth-order valence-corrected chi connectivity index (χ4v) is 1.99. The van der Waals surface area contributed by atoms with Gasteiger partial charge in [-0.3, -0.25) is 4.98 Å². The average Bonchev–Trinajstić information content (AvgIpc) is 2.66. The fourth-order valence-electron chi connectivity index (χ4n) is 1.99. The maximum atomic E-state index is 5.69. The summed E-state index contributed by atoms with van der Waals surface area (Å²) < 4.78 is 5.69. The normalized spacial score (nSPS) is 22.1. The van der Waals surface area contributed by atoms with Crippen molar-refractivity contribution < 1.29 is 4.74 Å². The zero-order valence-corrected chi connectivity index (χ0v) is 9.22. The van der Waals surface area contributed by atoms with Crippen LogP contribution in [0, 0.1) is 5.92 Å². The largest absolute Gasteiger partial charge is 0.376 e. The summed E-state index contributed by atoms with van der Waals surface area (Å²) >= 11 is 0. The molecule has 2 heterocycles. The van der Waals surface area contributed by atoms with E-state index in [9.17, 15) is 0 Å². The second-order valence-electron chi connectivity index (χ2n) is 4.29. The van der Waals surface area contributed by atoms with Crippen molar-refractivity contribution in [2.45, 2.75) is 13.0 Å². The van der Waals surface area contributed by atoms with Gasteiger partial charge < -0.3 is 9.64 Å². The maximum Gasteiger partial charge on any atom is 0.0731 e. The van der Waals surface area contributed by atoms with Gasteiger partial charge in [0.1, 0.15) is 0 Å². The first-order valence-electron chi connectivity index (χ1n) is 5.50. The summed E-state index contributed by atoms with van der Waals surface area (Å²) in [6, 6.07) is 4.00. The third kappa shape index (κ3) is 3.29. The van der Waals surface area contributed by atoms with E-state index in [0.717, 1.165) is 12.2 Å². The van der Waals surface area contributed by atoms with Crippen LogP contribution in [0.2, 0.25) is 0 Å². The van der Waals surface area contributed by atoms with E-state index in [1.54, 1.807) is 6.20 Å². The Morgan fingerprint density at radius 3 is 3.20 bits per heavy atom. The molecule has 15 heavy (non-hydrogen) atoms. The summed E-state index contributed by atoms with van der Waals surface area (Å²) in [7, 11) is 2.17. The third-order valence-corrected chi connectivity index (χ3v) is 2.83. The lowest BCUT2D eigenvalue weighted by atomic mass is 10.1. The van der Waals surface area contributed by atoms with Gasteiger partial charge in [0.2, 0.25) is 0 Å². The van der Waals surface area contributed by atoms with Gasteiger partial charge in [-0.15, -0.1) is 0 Å². The minimum Gasteiger partial charge on any atom is -0.376 e. The fraction of sp³-hybridized carbons (Fsp3) is 0.583. The SMILES string of the molecule is CN1CCC(COCc2cccnc2)C1. The monoisotopic (exact) mass is 206 g/mol. The van der Waals surface area contributed by atoms with Crippen LogP contribution in [-0.2, 0) is 11.3 Å². The zero-order chi connectivity index (χ0) is 10.5. The van der Waals surface area contributed by atoms with Crippen molar-refractivity contribution in [3.05, 3.63) is 30.1 Å². The molecule has 1 aliphatic heterocycles. The molecule has 0 amide bonds. The predicted octanol–water partition coefficient (Wildman–Crippen LogP) is 1.55. The van der Waals surface area contributed by atoms with Crippen LogP contribution in [0.3, 0.4) is 0 Å². The molecule has 1 aliphatic rings. The lowest BCUT2D eigenvalue weighted by molar-refractivity contribution is 0.0895. The van der Waals surface area contributed by atoms with Crippen LogP contribution in [-0.4, -0.2) is 36.6 Å². The smallest absolute Gasteiger partial charge is 0.0731 e. The number of nitrogens with zero attached hydrogens (tertiary/aromatic N) is 2. The van der Waals surface area contributed by atoms with Gasteiger partial charge in [-0.1, -0.05) is 6.07 Å². The molecular formula is C12H18N2O. The molecule has 0 saturated carbocycles. The van der Waals surface area contributed by atoms with E-state index in [1.165, 1.54) is 19.5 Å². The highest BCUT2D eigenvalue weighted by molar-refractivity contribution is 5.06. The molecule has 0 N–H and O–H groups in total. The topological polar surface area (TPSA) is 25.4 Å². The molecule has 1 aromatic heterocycles. The van der Waals surface area contributed by atoms with Gasteiger partial charge in [0.05, 0.1) is 13.2 Å². The molecule has 1 atom stereocenters. The highest BCUT2D eigenvalue weighted by Crippen LogP contribution is 2.14. The molecule has 1 saturated heterocycles. The quantitative estimate of drug-likeness (QED) is 0.747. The summed E-state index contributed by atoms with van der Waals surface area (Å²) in [6.07, 6.45) is 4.92. The molecular weight excluding hydrogens is 188 g/mol. The van der Waals surface area contributed by atoms with Gasteiger partial charge in [-0.05, 0) is 37.6 Å². The van der Waals surface area contributed by atoms with Crippen molar-refractivity contribution >= 4 is 0 Å². The summed E-state index contributed by atoms with van der Waals surface area (Å²) in [4.78, 5) is 6.42. The number of ether oxygens (including phenoxy) is 1. The van der Waals surface area contributed by atoms with E-state index >= 15 is 0 Å². The van der Waals surface area contributed by atoms with E-state index in [-0.39, 0.29) is 0 Å². The van der Waals surface area contributed by atoms with E-state index in [4.69, 9.17) is 4.74 Å². The molecule has 0 spiro atoms. The maximum absolute atomic E-state index is 5.69. The summed E-state index contributed by atoms with van der Waals surface area (Å²) in [5.41, 5.74) is 1.16. The van der Waals surface area contributed by atoms with Crippen molar-refractivity contribution in [1.82, 2.24) is 9.88 Å². The Morgan fingerprint density at radius 2 is 2.53 bits per heavy atom. The van der Waals surface area contributed by atoms with Crippen LogP contribution in [0.1, 0.15) is 12.0 Å². The third-order valence-electron chi connectivity index (χ3n) is 2.83. The number of pyridine rings is 1. The highest BCUT2D eigenvalue weighted by atomic mass is 16.5. The molecule has 2 rings (SSSR count). The lowest BCUT2D eigenvalue weighted by Gasteiger charge is -2.10. The minimum absolute atomic E-state index is 0.689. The first kappa shape index (κ1) is 10.6. The number of aromatic nitrogens is 1. The van der Waals surface area contributed by atoms with Crippen LogP contribution in [0.25, 0.3) is 0 Å². The molecule has 3 nitrogen and oxygen atoms in total. The van der Waals surface area contributed by atoms with Crippen molar-refractivity contribution in [3.8, 4) is 0 Å². The van der Waals surface area contributed by atoms with Crippen LogP contribution < -0.4 is 0 Å². The lowest BCUT2D eigenvalue weighted by Crippen LogP contribution is -2.16. The molecule has 1 fully saturated rings. The van der Waals surface area contributed by atoms with Gasteiger partial charge in [-0.2, -0.15) is 0 Å². The number of likely N-dealkylation sites (tertiary alicyclic amines) is 1. The van der Waals surface area contributed by atoms with Gasteiger partial charge in [-0.25, -0.2) is 0 Å². The van der Waals surface area contributed by atoms with Crippen LogP contribution >= 0.6 is 0 Å². The molecule has 1 unspecified atom stereocenters. The van der Waals surface area contributed by atoms with Crippen LogP contribution in [0.15, 0.2) is 24.5 Å². The van der Waals surface area contributed by atoms with Crippen molar-refractivity contribution in [2.75, 3.05) is 26.7 Å². The zero-order valence-electron chi connectivity index (χ0n) is 9.22. The van der Waals surface area contributed by atoms with E-state index in [1.807, 2.05) is 18.3 Å². The number of rotatable bonds is 4. The Kier molecular flexibility index (Phi) is 3.69. The molecule has 0 bridgehead atoms. The first-order valence-corrected chi connectivity index (χ1v) is 5.50. The van der Waals surface area contributed by atoms with E-state index in [2.05, 4.69) is 16.9 Å². The van der Waals surface area contributed by atoms with Crippen molar-refractivity contribution in [3.63, 3.8) is 0 Å². The average molecular weight is 206 g/mol. The predicted molar refractivity (Wildman–Crippen MR) is 59.5 cm³/mol. The summed E-state index contributed by atoms with van der Waals surface area (Å²) in [5, 5.41) is 0. The molecule has 3 heteroatoms. The Morgan fingerprint density at radius 1 is 1.60 bits per heavy atom. The Bertz CT molecular complexity index is 289. The minimum atomic E-state index is 0.689. The highest BCUT2D eigenvalue weighted by Gasteiger charge is 2.19. The van der Waals surface area contributed by atoms with E-state index in [0.29, 0.717) is 12.5 Å². The van der Waals surface area contributed by atoms with Gasteiger partial charge in [0.25, 0.3) is 0 Å². The van der Waals surface area contributed by atoms with Crippen molar-refractivity contribution in [1.29, 1.82) is 0 Å². The second kappa shape index (κ2) is 5.24. The standard InChI is InChI=1S/C12H18N2O/c1-14-6-4-12(8-14)10-15-9-11-3-2-5-13-7-11/h2-3,5,7,12H,4,6,8-10H2,1H3. The molecule has 0 radical (unpaired) electrons. The second-order valence-corrected chi connectivity index (χ2v) is 4.29. The summed E-state index contributed by atoms with van der Waals surface area (Å²) in [5.74, 6) is 0.715. The molecule has 1 aromatic rings. The van der Waals surface area contributed by atoms with Gasteiger partial charge >= 0.3 is 0 Å². The Balaban J connectivity index is 1.67. The van der Waals surface area contributed by atoms with Crippen LogP contribution in [0.4, 0.5) is 0 Å². The van der Waals surface area contributed by atoms with Crippen molar-refractivity contribution in [2.24, 2.45) is 5.92 Å². The molecule has 0 aromatic carbocycles.